The Bertz CT molecular complexity index is 268. The molecule has 0 aromatic rings. The smallest absolute Gasteiger partial charge is 0.427 e. The summed E-state index contributed by atoms with van der Waals surface area (Å²) in [4.78, 5) is 10.7. The molecule has 0 amide bonds. The third-order valence-electron chi connectivity index (χ3n) is 1.78. The molecule has 0 bridgehead atoms. The van der Waals surface area contributed by atoms with Crippen LogP contribution in [0.2, 0.25) is 0 Å². The Labute approximate surface area is 81.3 Å². The van der Waals surface area contributed by atoms with Gasteiger partial charge in [-0.15, -0.1) is 4.39 Å². The minimum Gasteiger partial charge on any atom is -0.427 e. The Morgan fingerprint density at radius 1 is 1.71 bits per heavy atom. The molecule has 14 heavy (non-hydrogen) atoms. The molecule has 0 aliphatic carbocycles. The van der Waals surface area contributed by atoms with Gasteiger partial charge >= 0.3 is 6.16 Å². The fourth-order valence-electron chi connectivity index (χ4n) is 1.22. The SMILES string of the molecule is CCCC1(OCC#CF)COC(=O)O1. The lowest BCUT2D eigenvalue weighted by atomic mass is 10.1. The molecule has 0 radical (unpaired) electrons. The molecule has 1 atom stereocenters. The second-order valence-corrected chi connectivity index (χ2v) is 2.86. The first-order valence-electron chi connectivity index (χ1n) is 4.30. The zero-order valence-electron chi connectivity index (χ0n) is 7.84. The van der Waals surface area contributed by atoms with Crippen LogP contribution in [-0.2, 0) is 14.2 Å². The van der Waals surface area contributed by atoms with Gasteiger partial charge in [-0.05, 0) is 12.3 Å². The molecule has 1 aliphatic rings. The topological polar surface area (TPSA) is 44.8 Å². The van der Waals surface area contributed by atoms with Gasteiger partial charge in [-0.25, -0.2) is 4.79 Å². The van der Waals surface area contributed by atoms with Crippen LogP contribution in [0.25, 0.3) is 0 Å². The highest BCUT2D eigenvalue weighted by atomic mass is 19.1. The van der Waals surface area contributed by atoms with Crippen LogP contribution in [0.3, 0.4) is 0 Å². The van der Waals surface area contributed by atoms with E-state index in [9.17, 15) is 9.18 Å². The van der Waals surface area contributed by atoms with Crippen LogP contribution < -0.4 is 0 Å². The molecule has 78 valence electrons. The highest BCUT2D eigenvalue weighted by Gasteiger charge is 2.42. The van der Waals surface area contributed by atoms with Gasteiger partial charge in [0.15, 0.2) is 6.61 Å². The van der Waals surface area contributed by atoms with Crippen LogP contribution >= 0.6 is 0 Å². The van der Waals surface area contributed by atoms with Crippen molar-refractivity contribution in [1.82, 2.24) is 0 Å². The van der Waals surface area contributed by atoms with Crippen molar-refractivity contribution < 1.29 is 23.4 Å². The fourth-order valence-corrected chi connectivity index (χ4v) is 1.22. The van der Waals surface area contributed by atoms with Gasteiger partial charge in [0.2, 0.25) is 0 Å². The van der Waals surface area contributed by atoms with Crippen molar-refractivity contribution in [3.63, 3.8) is 0 Å². The van der Waals surface area contributed by atoms with E-state index in [4.69, 9.17) is 9.47 Å². The molecule has 0 spiro atoms. The summed E-state index contributed by atoms with van der Waals surface area (Å²) in [6, 6.07) is 0. The minimum absolute atomic E-state index is 0.0354. The quantitative estimate of drug-likeness (QED) is 0.513. The van der Waals surface area contributed by atoms with Gasteiger partial charge in [0.25, 0.3) is 5.79 Å². The zero-order valence-corrected chi connectivity index (χ0v) is 7.84. The lowest BCUT2D eigenvalue weighted by Gasteiger charge is -2.23. The van der Waals surface area contributed by atoms with E-state index in [0.717, 1.165) is 6.42 Å². The first-order chi connectivity index (χ1) is 6.72. The van der Waals surface area contributed by atoms with E-state index in [1.165, 1.54) is 6.17 Å². The Balaban J connectivity index is 2.52. The first kappa shape index (κ1) is 10.8. The number of halogens is 1. The van der Waals surface area contributed by atoms with Crippen LogP contribution in [0.5, 0.6) is 0 Å². The summed E-state index contributed by atoms with van der Waals surface area (Å²) in [6.07, 6.45) is 1.72. The number of carbonyl (C=O) groups is 1. The predicted octanol–water partition coefficient (Wildman–Crippen LogP) is 1.60. The Morgan fingerprint density at radius 2 is 2.50 bits per heavy atom. The standard InChI is InChI=1S/C9H11FO4/c1-2-4-9(13-6-3-5-10)7-12-8(11)14-9/h2,4,6-7H2,1H3. The molecule has 0 aromatic heterocycles. The number of hydrogen-bond acceptors (Lipinski definition) is 4. The maximum Gasteiger partial charge on any atom is 0.511 e. The second kappa shape index (κ2) is 4.82. The summed E-state index contributed by atoms with van der Waals surface area (Å²) in [7, 11) is 0. The Kier molecular flexibility index (Phi) is 3.72. The highest BCUT2D eigenvalue weighted by Crippen LogP contribution is 2.26. The van der Waals surface area contributed by atoms with Crippen molar-refractivity contribution >= 4 is 6.16 Å². The second-order valence-electron chi connectivity index (χ2n) is 2.86. The molecule has 4 nitrogen and oxygen atoms in total. The molecule has 1 unspecified atom stereocenters. The van der Waals surface area contributed by atoms with E-state index < -0.39 is 11.9 Å². The van der Waals surface area contributed by atoms with Crippen molar-refractivity contribution in [3.05, 3.63) is 0 Å². The number of rotatable bonds is 4. The van der Waals surface area contributed by atoms with Gasteiger partial charge in [0.1, 0.15) is 12.8 Å². The molecule has 0 N–H and O–H groups in total. The molecule has 1 fully saturated rings. The summed E-state index contributed by atoms with van der Waals surface area (Å²) in [5.74, 6) is 1.01. The van der Waals surface area contributed by atoms with Gasteiger partial charge in [-0.1, -0.05) is 6.92 Å². The molecule has 5 heteroatoms. The van der Waals surface area contributed by atoms with Gasteiger partial charge in [-0.2, -0.15) is 0 Å². The third kappa shape index (κ3) is 2.60. The predicted molar refractivity (Wildman–Crippen MR) is 44.9 cm³/mol. The van der Waals surface area contributed by atoms with Crippen molar-refractivity contribution in [3.8, 4) is 12.1 Å². The lowest BCUT2D eigenvalue weighted by molar-refractivity contribution is -0.175. The Morgan fingerprint density at radius 3 is 3.00 bits per heavy atom. The van der Waals surface area contributed by atoms with Crippen LogP contribution in [0, 0.1) is 12.1 Å². The number of hydrogen-bond donors (Lipinski definition) is 0. The van der Waals surface area contributed by atoms with Crippen molar-refractivity contribution in [1.29, 1.82) is 0 Å². The maximum absolute atomic E-state index is 11.5. The molecule has 1 saturated heterocycles. The van der Waals surface area contributed by atoms with Crippen molar-refractivity contribution in [2.24, 2.45) is 0 Å². The van der Waals surface area contributed by atoms with Crippen LogP contribution in [-0.4, -0.2) is 25.2 Å². The largest absolute Gasteiger partial charge is 0.511 e. The molecule has 1 rings (SSSR count). The van der Waals surface area contributed by atoms with Crippen LogP contribution in [0.15, 0.2) is 0 Å². The van der Waals surface area contributed by atoms with E-state index in [0.29, 0.717) is 6.42 Å². The van der Waals surface area contributed by atoms with Gasteiger partial charge < -0.3 is 14.2 Å². The molecule has 0 aromatic carbocycles. The summed E-state index contributed by atoms with van der Waals surface area (Å²) < 4.78 is 26.1. The molecule has 0 saturated carbocycles. The minimum atomic E-state index is -1.07. The summed E-state index contributed by atoms with van der Waals surface area (Å²) >= 11 is 0. The zero-order chi connectivity index (χ0) is 10.4. The number of ether oxygens (including phenoxy) is 3. The van der Waals surface area contributed by atoms with Gasteiger partial charge in [0, 0.05) is 6.42 Å². The maximum atomic E-state index is 11.5. The molecule has 1 aliphatic heterocycles. The average molecular weight is 202 g/mol. The van der Waals surface area contributed by atoms with Crippen molar-refractivity contribution in [2.75, 3.05) is 13.2 Å². The van der Waals surface area contributed by atoms with E-state index >= 15 is 0 Å². The molecular weight excluding hydrogens is 191 g/mol. The summed E-state index contributed by atoms with van der Waals surface area (Å²) in [5.41, 5.74) is 0. The van der Waals surface area contributed by atoms with Crippen LogP contribution in [0.1, 0.15) is 19.8 Å². The number of cyclic esters (lactones) is 2. The summed E-state index contributed by atoms with van der Waals surface area (Å²) in [5, 5.41) is 0. The van der Waals surface area contributed by atoms with E-state index in [2.05, 4.69) is 10.7 Å². The van der Waals surface area contributed by atoms with E-state index in [1.807, 2.05) is 6.92 Å². The molecule has 1 heterocycles. The fraction of sp³-hybridized carbons (Fsp3) is 0.667. The number of carbonyl (C=O) groups excluding carboxylic acids is 1. The third-order valence-corrected chi connectivity index (χ3v) is 1.78. The summed E-state index contributed by atoms with van der Waals surface area (Å²) in [6.45, 7) is 1.83. The normalized spacial score (nSPS) is 24.9. The monoisotopic (exact) mass is 202 g/mol. The van der Waals surface area contributed by atoms with Gasteiger partial charge in [-0.3, -0.25) is 0 Å². The lowest BCUT2D eigenvalue weighted by Crippen LogP contribution is -2.35. The highest BCUT2D eigenvalue weighted by molar-refractivity contribution is 5.62. The Hall–Kier alpha value is -1.28. The van der Waals surface area contributed by atoms with Crippen LogP contribution in [0.4, 0.5) is 9.18 Å². The van der Waals surface area contributed by atoms with Gasteiger partial charge in [0.05, 0.1) is 0 Å². The molecular formula is C9H11FO4. The first-order valence-corrected chi connectivity index (χ1v) is 4.30. The average Bonchev–Trinajstić information content (AvgIpc) is 2.49. The van der Waals surface area contributed by atoms with E-state index in [-0.39, 0.29) is 13.2 Å². The van der Waals surface area contributed by atoms with E-state index in [1.54, 1.807) is 0 Å². The van der Waals surface area contributed by atoms with Crippen molar-refractivity contribution in [2.45, 2.75) is 25.6 Å².